The van der Waals surface area contributed by atoms with Crippen molar-refractivity contribution < 1.29 is 22.8 Å². The summed E-state index contributed by atoms with van der Waals surface area (Å²) in [7, 11) is 0. The van der Waals surface area contributed by atoms with Gasteiger partial charge in [-0.1, -0.05) is 6.07 Å². The molecule has 0 spiro atoms. The molecular formula is C16H17F2N3O3. The third-order valence-corrected chi connectivity index (χ3v) is 3.24. The normalized spacial score (nSPS) is 11.6. The monoisotopic (exact) mass is 337 g/mol. The van der Waals surface area contributed by atoms with Crippen LogP contribution in [-0.4, -0.2) is 18.5 Å². The van der Waals surface area contributed by atoms with E-state index in [2.05, 4.69) is 16.0 Å². The summed E-state index contributed by atoms with van der Waals surface area (Å²) in [5.41, 5.74) is 0.409. The van der Waals surface area contributed by atoms with Crippen LogP contribution in [0.25, 0.3) is 0 Å². The topological polar surface area (TPSA) is 83.4 Å². The van der Waals surface area contributed by atoms with E-state index in [0.29, 0.717) is 11.3 Å². The molecule has 128 valence electrons. The van der Waals surface area contributed by atoms with E-state index in [9.17, 15) is 18.4 Å². The van der Waals surface area contributed by atoms with Crippen LogP contribution in [0.2, 0.25) is 0 Å². The molecule has 2 aromatic rings. The largest absolute Gasteiger partial charge is 0.467 e. The van der Waals surface area contributed by atoms with Crippen molar-refractivity contribution >= 4 is 11.9 Å². The highest BCUT2D eigenvalue weighted by Crippen LogP contribution is 2.15. The molecule has 6 nitrogen and oxygen atoms in total. The van der Waals surface area contributed by atoms with E-state index in [1.807, 2.05) is 0 Å². The Morgan fingerprint density at radius 2 is 1.96 bits per heavy atom. The summed E-state index contributed by atoms with van der Waals surface area (Å²) in [5, 5.41) is 7.48. The fraction of sp³-hybridized carbons (Fsp3) is 0.250. The van der Waals surface area contributed by atoms with Gasteiger partial charge in [-0.2, -0.15) is 0 Å². The van der Waals surface area contributed by atoms with Crippen molar-refractivity contribution in [3.8, 4) is 0 Å². The molecule has 0 aliphatic heterocycles. The van der Waals surface area contributed by atoms with E-state index >= 15 is 0 Å². The second kappa shape index (κ2) is 8.09. The predicted molar refractivity (Wildman–Crippen MR) is 81.9 cm³/mol. The molecule has 0 fully saturated rings. The highest BCUT2D eigenvalue weighted by atomic mass is 19.2. The number of furan rings is 1. The quantitative estimate of drug-likeness (QED) is 0.756. The Morgan fingerprint density at radius 3 is 2.62 bits per heavy atom. The van der Waals surface area contributed by atoms with Crippen LogP contribution in [0.5, 0.6) is 0 Å². The van der Waals surface area contributed by atoms with Crippen LogP contribution >= 0.6 is 0 Å². The fourth-order valence-electron chi connectivity index (χ4n) is 1.93. The molecular weight excluding hydrogens is 320 g/mol. The van der Waals surface area contributed by atoms with Crippen molar-refractivity contribution in [3.05, 3.63) is 59.6 Å². The van der Waals surface area contributed by atoms with E-state index in [-0.39, 0.29) is 19.0 Å². The number of amides is 3. The van der Waals surface area contributed by atoms with Gasteiger partial charge >= 0.3 is 6.03 Å². The van der Waals surface area contributed by atoms with Crippen molar-refractivity contribution in [2.45, 2.75) is 19.5 Å². The smallest absolute Gasteiger partial charge is 0.315 e. The molecule has 3 N–H and O–H groups in total. The van der Waals surface area contributed by atoms with Crippen LogP contribution in [0.15, 0.2) is 41.0 Å². The number of benzene rings is 1. The molecule has 1 unspecified atom stereocenters. The van der Waals surface area contributed by atoms with Crippen LogP contribution in [0.4, 0.5) is 13.6 Å². The molecule has 8 heteroatoms. The Bertz CT molecular complexity index is 705. The zero-order chi connectivity index (χ0) is 17.5. The Morgan fingerprint density at radius 1 is 1.17 bits per heavy atom. The molecule has 0 saturated heterocycles. The molecule has 0 saturated carbocycles. The van der Waals surface area contributed by atoms with Gasteiger partial charge < -0.3 is 20.4 Å². The number of carbonyl (C=O) groups is 2. The van der Waals surface area contributed by atoms with Gasteiger partial charge in [-0.3, -0.25) is 4.79 Å². The van der Waals surface area contributed by atoms with E-state index in [0.717, 1.165) is 12.1 Å². The summed E-state index contributed by atoms with van der Waals surface area (Å²) in [6, 6.07) is 5.64. The van der Waals surface area contributed by atoms with Gasteiger partial charge in [-0.15, -0.1) is 0 Å². The lowest BCUT2D eigenvalue weighted by Crippen LogP contribution is -2.42. The first-order valence-electron chi connectivity index (χ1n) is 7.24. The Hall–Kier alpha value is -2.90. The Labute approximate surface area is 137 Å². The van der Waals surface area contributed by atoms with E-state index in [4.69, 9.17) is 4.42 Å². The van der Waals surface area contributed by atoms with Gasteiger partial charge in [0.25, 0.3) is 0 Å². The first-order chi connectivity index (χ1) is 11.5. The van der Waals surface area contributed by atoms with Crippen molar-refractivity contribution in [1.82, 2.24) is 16.0 Å². The minimum absolute atomic E-state index is 0.223. The predicted octanol–water partition coefficient (Wildman–Crippen LogP) is 2.23. The number of carbonyl (C=O) groups excluding carboxylic acids is 2. The average molecular weight is 337 g/mol. The number of hydrogen-bond acceptors (Lipinski definition) is 3. The van der Waals surface area contributed by atoms with Gasteiger partial charge in [0.15, 0.2) is 11.6 Å². The lowest BCUT2D eigenvalue weighted by atomic mass is 10.1. The SMILES string of the molecule is CC(NC(=O)NCC(=O)NCc1ccco1)c1ccc(F)c(F)c1. The standard InChI is InChI=1S/C16H17F2N3O3/c1-10(11-4-5-13(17)14(18)7-11)21-16(23)20-9-15(22)19-8-12-3-2-6-24-12/h2-7,10H,8-9H2,1H3,(H,19,22)(H2,20,21,23). The molecule has 0 radical (unpaired) electrons. The summed E-state index contributed by atoms with van der Waals surface area (Å²) in [6.07, 6.45) is 1.49. The molecule has 1 heterocycles. The maximum Gasteiger partial charge on any atom is 0.315 e. The Balaban J connectivity index is 1.73. The fourth-order valence-corrected chi connectivity index (χ4v) is 1.93. The summed E-state index contributed by atoms with van der Waals surface area (Å²) in [5.74, 6) is -1.73. The molecule has 1 aromatic heterocycles. The maximum absolute atomic E-state index is 13.2. The maximum atomic E-state index is 13.2. The van der Waals surface area contributed by atoms with Crippen molar-refractivity contribution in [2.24, 2.45) is 0 Å². The molecule has 3 amide bonds. The first-order valence-corrected chi connectivity index (χ1v) is 7.24. The molecule has 2 rings (SSSR count). The molecule has 0 aliphatic rings. The van der Waals surface area contributed by atoms with Gasteiger partial charge in [0.2, 0.25) is 5.91 Å². The number of rotatable bonds is 6. The second-order valence-electron chi connectivity index (χ2n) is 5.08. The van der Waals surface area contributed by atoms with Crippen LogP contribution < -0.4 is 16.0 Å². The number of hydrogen-bond donors (Lipinski definition) is 3. The van der Waals surface area contributed by atoms with Gasteiger partial charge in [-0.25, -0.2) is 13.6 Å². The zero-order valence-electron chi connectivity index (χ0n) is 12.9. The average Bonchev–Trinajstić information content (AvgIpc) is 3.07. The summed E-state index contributed by atoms with van der Waals surface area (Å²) < 4.78 is 31.1. The van der Waals surface area contributed by atoms with Gasteiger partial charge in [0.1, 0.15) is 5.76 Å². The van der Waals surface area contributed by atoms with Crippen LogP contribution in [0.3, 0.4) is 0 Å². The molecule has 0 bridgehead atoms. The van der Waals surface area contributed by atoms with Crippen molar-refractivity contribution in [1.29, 1.82) is 0 Å². The Kier molecular flexibility index (Phi) is 5.89. The highest BCUT2D eigenvalue weighted by Gasteiger charge is 2.12. The van der Waals surface area contributed by atoms with Crippen LogP contribution in [-0.2, 0) is 11.3 Å². The number of halogens is 2. The van der Waals surface area contributed by atoms with Crippen molar-refractivity contribution in [2.75, 3.05) is 6.54 Å². The third kappa shape index (κ3) is 5.08. The van der Waals surface area contributed by atoms with E-state index < -0.39 is 23.7 Å². The lowest BCUT2D eigenvalue weighted by molar-refractivity contribution is -0.120. The van der Waals surface area contributed by atoms with Crippen LogP contribution in [0, 0.1) is 11.6 Å². The molecule has 0 aliphatic carbocycles. The molecule has 1 aromatic carbocycles. The summed E-state index contributed by atoms with van der Waals surface area (Å²) in [6.45, 7) is 1.61. The van der Waals surface area contributed by atoms with Crippen molar-refractivity contribution in [3.63, 3.8) is 0 Å². The minimum atomic E-state index is -0.987. The zero-order valence-corrected chi connectivity index (χ0v) is 12.9. The first kappa shape index (κ1) is 17.5. The van der Waals surface area contributed by atoms with Crippen LogP contribution in [0.1, 0.15) is 24.3 Å². The second-order valence-corrected chi connectivity index (χ2v) is 5.08. The van der Waals surface area contributed by atoms with Gasteiger partial charge in [0, 0.05) is 0 Å². The summed E-state index contributed by atoms with van der Waals surface area (Å²) in [4.78, 5) is 23.3. The lowest BCUT2D eigenvalue weighted by Gasteiger charge is -2.15. The van der Waals surface area contributed by atoms with E-state index in [1.165, 1.54) is 12.3 Å². The molecule has 24 heavy (non-hydrogen) atoms. The molecule has 1 atom stereocenters. The van der Waals surface area contributed by atoms with Gasteiger partial charge in [-0.05, 0) is 36.8 Å². The minimum Gasteiger partial charge on any atom is -0.467 e. The third-order valence-electron chi connectivity index (χ3n) is 3.24. The summed E-state index contributed by atoms with van der Waals surface area (Å²) >= 11 is 0. The van der Waals surface area contributed by atoms with E-state index in [1.54, 1.807) is 19.1 Å². The number of urea groups is 1. The highest BCUT2D eigenvalue weighted by molar-refractivity contribution is 5.83. The number of nitrogens with one attached hydrogen (secondary N) is 3. The van der Waals surface area contributed by atoms with Gasteiger partial charge in [0.05, 0.1) is 25.4 Å².